The molecule has 0 bridgehead atoms. The largest absolute Gasteiger partial charge is 0.378 e. The Labute approximate surface area is 148 Å². The third kappa shape index (κ3) is 3.44. The Balaban J connectivity index is 1.58. The minimum absolute atomic E-state index is 0.0990. The molecule has 1 aliphatic heterocycles. The van der Waals surface area contributed by atoms with Crippen molar-refractivity contribution in [1.82, 2.24) is 20.0 Å². The molecular formula is C17H15N5O2S. The van der Waals surface area contributed by atoms with Crippen LogP contribution in [0.5, 0.6) is 0 Å². The Hall–Kier alpha value is -2.60. The molecule has 7 nitrogen and oxygen atoms in total. The molecule has 0 aliphatic carbocycles. The summed E-state index contributed by atoms with van der Waals surface area (Å²) in [7, 11) is 0. The predicted molar refractivity (Wildman–Crippen MR) is 90.5 cm³/mol. The molecule has 126 valence electrons. The second-order valence-corrected chi connectivity index (χ2v) is 6.61. The molecule has 3 heterocycles. The van der Waals surface area contributed by atoms with E-state index in [1.54, 1.807) is 23.5 Å². The molecule has 1 fully saturated rings. The molecule has 0 radical (unpaired) electrons. The minimum atomic E-state index is -0.0990. The highest BCUT2D eigenvalue weighted by molar-refractivity contribution is 7.09. The molecule has 25 heavy (non-hydrogen) atoms. The van der Waals surface area contributed by atoms with Crippen LogP contribution < -0.4 is 0 Å². The van der Waals surface area contributed by atoms with E-state index in [0.29, 0.717) is 30.5 Å². The van der Waals surface area contributed by atoms with Crippen molar-refractivity contribution in [2.75, 3.05) is 19.8 Å². The molecule has 0 spiro atoms. The summed E-state index contributed by atoms with van der Waals surface area (Å²) in [5.74, 6) is 1.00. The van der Waals surface area contributed by atoms with E-state index in [2.05, 4.69) is 26.1 Å². The van der Waals surface area contributed by atoms with Crippen LogP contribution >= 0.6 is 11.3 Å². The first-order valence-electron chi connectivity index (χ1n) is 7.88. The van der Waals surface area contributed by atoms with Crippen molar-refractivity contribution in [2.24, 2.45) is 0 Å². The standard InChI is InChI=1S/C17H15N5O2S/c18-9-12-2-1-3-13(8-12)16-20-17(24-21-16)14-11-23-6-5-22(14)10-15-19-4-7-25-15/h1-4,7-8,14H,5-6,10-11H2. The zero-order valence-corrected chi connectivity index (χ0v) is 14.1. The lowest BCUT2D eigenvalue weighted by atomic mass is 10.1. The number of thiazole rings is 1. The summed E-state index contributed by atoms with van der Waals surface area (Å²) in [5.41, 5.74) is 1.33. The van der Waals surface area contributed by atoms with Crippen molar-refractivity contribution in [3.05, 3.63) is 52.3 Å². The maximum atomic E-state index is 9.03. The summed E-state index contributed by atoms with van der Waals surface area (Å²) in [6, 6.07) is 9.18. The van der Waals surface area contributed by atoms with Gasteiger partial charge in [-0.05, 0) is 12.1 Å². The van der Waals surface area contributed by atoms with Gasteiger partial charge in [-0.15, -0.1) is 11.3 Å². The maximum Gasteiger partial charge on any atom is 0.246 e. The normalized spacial score (nSPS) is 18.1. The quantitative estimate of drug-likeness (QED) is 0.712. The van der Waals surface area contributed by atoms with Gasteiger partial charge in [-0.1, -0.05) is 17.3 Å². The predicted octanol–water partition coefficient (Wildman–Crippen LogP) is 2.64. The number of nitrogens with zero attached hydrogens (tertiary/aromatic N) is 5. The summed E-state index contributed by atoms with van der Waals surface area (Å²) in [6.07, 6.45) is 1.81. The highest BCUT2D eigenvalue weighted by Crippen LogP contribution is 2.27. The zero-order chi connectivity index (χ0) is 17.1. The fourth-order valence-electron chi connectivity index (χ4n) is 2.78. The van der Waals surface area contributed by atoms with Crippen LogP contribution in [-0.4, -0.2) is 39.8 Å². The molecule has 0 N–H and O–H groups in total. The highest BCUT2D eigenvalue weighted by Gasteiger charge is 2.30. The molecule has 1 aromatic carbocycles. The van der Waals surface area contributed by atoms with Crippen LogP contribution in [0.25, 0.3) is 11.4 Å². The van der Waals surface area contributed by atoms with Crippen LogP contribution in [0, 0.1) is 11.3 Å². The van der Waals surface area contributed by atoms with E-state index in [9.17, 15) is 0 Å². The van der Waals surface area contributed by atoms with Gasteiger partial charge in [0.15, 0.2) is 0 Å². The lowest BCUT2D eigenvalue weighted by Gasteiger charge is -2.32. The highest BCUT2D eigenvalue weighted by atomic mass is 32.1. The number of benzene rings is 1. The molecule has 1 saturated heterocycles. The third-order valence-corrected chi connectivity index (χ3v) is 4.80. The van der Waals surface area contributed by atoms with Gasteiger partial charge in [0.25, 0.3) is 0 Å². The van der Waals surface area contributed by atoms with Crippen LogP contribution in [0.4, 0.5) is 0 Å². The lowest BCUT2D eigenvalue weighted by Crippen LogP contribution is -2.39. The van der Waals surface area contributed by atoms with Gasteiger partial charge in [0.1, 0.15) is 11.0 Å². The van der Waals surface area contributed by atoms with E-state index in [-0.39, 0.29) is 6.04 Å². The number of aromatic nitrogens is 3. The van der Waals surface area contributed by atoms with Gasteiger partial charge >= 0.3 is 0 Å². The van der Waals surface area contributed by atoms with Crippen LogP contribution in [-0.2, 0) is 11.3 Å². The summed E-state index contributed by atoms with van der Waals surface area (Å²) in [4.78, 5) is 11.1. The summed E-state index contributed by atoms with van der Waals surface area (Å²) in [6.45, 7) is 2.69. The van der Waals surface area contributed by atoms with E-state index in [0.717, 1.165) is 23.7 Å². The van der Waals surface area contributed by atoms with E-state index < -0.39 is 0 Å². The Morgan fingerprint density at radius 3 is 3.20 bits per heavy atom. The minimum Gasteiger partial charge on any atom is -0.378 e. The van der Waals surface area contributed by atoms with Gasteiger partial charge in [0.2, 0.25) is 11.7 Å². The fraction of sp³-hybridized carbons (Fsp3) is 0.294. The summed E-state index contributed by atoms with van der Waals surface area (Å²) >= 11 is 1.63. The average Bonchev–Trinajstić information content (AvgIpc) is 3.34. The van der Waals surface area contributed by atoms with Crippen LogP contribution in [0.1, 0.15) is 22.5 Å². The number of hydrogen-bond donors (Lipinski definition) is 0. The van der Waals surface area contributed by atoms with Gasteiger partial charge < -0.3 is 9.26 Å². The molecule has 2 aromatic heterocycles. The first-order chi connectivity index (χ1) is 12.3. The zero-order valence-electron chi connectivity index (χ0n) is 13.3. The van der Waals surface area contributed by atoms with E-state index in [4.69, 9.17) is 14.5 Å². The van der Waals surface area contributed by atoms with Crippen LogP contribution in [0.2, 0.25) is 0 Å². The Morgan fingerprint density at radius 2 is 2.36 bits per heavy atom. The van der Waals surface area contributed by atoms with E-state index in [1.165, 1.54) is 0 Å². The Morgan fingerprint density at radius 1 is 1.40 bits per heavy atom. The third-order valence-electron chi connectivity index (χ3n) is 4.04. The van der Waals surface area contributed by atoms with Crippen LogP contribution in [0.15, 0.2) is 40.4 Å². The lowest BCUT2D eigenvalue weighted by molar-refractivity contribution is -0.0241. The second kappa shape index (κ2) is 7.11. The van der Waals surface area contributed by atoms with Gasteiger partial charge in [-0.3, -0.25) is 4.90 Å². The molecule has 1 unspecified atom stereocenters. The maximum absolute atomic E-state index is 9.03. The first kappa shape index (κ1) is 15.9. The molecule has 3 aromatic rings. The average molecular weight is 353 g/mol. The van der Waals surface area contributed by atoms with Crippen molar-refractivity contribution in [2.45, 2.75) is 12.6 Å². The topological polar surface area (TPSA) is 88.1 Å². The van der Waals surface area contributed by atoms with Gasteiger partial charge in [-0.2, -0.15) is 10.2 Å². The van der Waals surface area contributed by atoms with Gasteiger partial charge in [-0.25, -0.2) is 4.98 Å². The first-order valence-corrected chi connectivity index (χ1v) is 8.76. The van der Waals surface area contributed by atoms with Crippen molar-refractivity contribution >= 4 is 11.3 Å². The SMILES string of the molecule is N#Cc1cccc(-c2noc(C3COCCN3Cc3nccs3)n2)c1. The molecular weight excluding hydrogens is 338 g/mol. The molecule has 1 aliphatic rings. The van der Waals surface area contributed by atoms with Gasteiger partial charge in [0.05, 0.1) is 31.4 Å². The van der Waals surface area contributed by atoms with Crippen molar-refractivity contribution in [1.29, 1.82) is 5.26 Å². The number of nitriles is 1. The molecule has 1 atom stereocenters. The molecule has 8 heteroatoms. The number of hydrogen-bond acceptors (Lipinski definition) is 8. The number of rotatable bonds is 4. The number of ether oxygens (including phenoxy) is 1. The second-order valence-electron chi connectivity index (χ2n) is 5.64. The Bertz CT molecular complexity index is 887. The smallest absolute Gasteiger partial charge is 0.246 e. The summed E-state index contributed by atoms with van der Waals surface area (Å²) < 4.78 is 11.1. The summed E-state index contributed by atoms with van der Waals surface area (Å²) in [5, 5.41) is 16.1. The van der Waals surface area contributed by atoms with E-state index >= 15 is 0 Å². The monoisotopic (exact) mass is 353 g/mol. The molecule has 4 rings (SSSR count). The van der Waals surface area contributed by atoms with E-state index in [1.807, 2.05) is 23.7 Å². The molecule has 0 saturated carbocycles. The Kier molecular flexibility index (Phi) is 4.52. The number of morpholine rings is 1. The molecule has 0 amide bonds. The van der Waals surface area contributed by atoms with Crippen molar-refractivity contribution in [3.63, 3.8) is 0 Å². The van der Waals surface area contributed by atoms with Crippen molar-refractivity contribution in [3.8, 4) is 17.5 Å². The fourth-order valence-corrected chi connectivity index (χ4v) is 3.42. The van der Waals surface area contributed by atoms with Crippen LogP contribution in [0.3, 0.4) is 0 Å². The van der Waals surface area contributed by atoms with Crippen molar-refractivity contribution < 1.29 is 9.26 Å². The van der Waals surface area contributed by atoms with Gasteiger partial charge in [0, 0.05) is 23.7 Å².